The summed E-state index contributed by atoms with van der Waals surface area (Å²) in [5.41, 5.74) is -1.62. The second kappa shape index (κ2) is 10.1. The topological polar surface area (TPSA) is 36.4 Å². The Labute approximate surface area is 204 Å². The molecule has 1 saturated heterocycles. The van der Waals surface area contributed by atoms with Gasteiger partial charge in [0.15, 0.2) is 0 Å². The Hall–Kier alpha value is -3.17. The molecule has 3 nitrogen and oxygen atoms in total. The van der Waals surface area contributed by atoms with E-state index in [9.17, 15) is 31.4 Å². The van der Waals surface area contributed by atoms with Crippen LogP contribution in [0.2, 0.25) is 0 Å². The van der Waals surface area contributed by atoms with Gasteiger partial charge < -0.3 is 5.11 Å². The van der Waals surface area contributed by atoms with Gasteiger partial charge in [-0.25, -0.2) is 0 Å². The summed E-state index contributed by atoms with van der Waals surface area (Å²) in [5.74, 6) is 0. The van der Waals surface area contributed by atoms with Gasteiger partial charge in [0.2, 0.25) is 0 Å². The van der Waals surface area contributed by atoms with Gasteiger partial charge in [-0.2, -0.15) is 26.3 Å². The van der Waals surface area contributed by atoms with E-state index in [1.54, 1.807) is 24.5 Å². The van der Waals surface area contributed by atoms with Crippen molar-refractivity contribution in [2.24, 2.45) is 0 Å². The minimum Gasteiger partial charge on any atom is -0.369 e. The van der Waals surface area contributed by atoms with E-state index in [0.717, 1.165) is 50.2 Å². The first-order valence-corrected chi connectivity index (χ1v) is 11.3. The molecule has 0 aliphatic carbocycles. The zero-order chi connectivity index (χ0) is 26.0. The number of pyridine rings is 1. The Balaban J connectivity index is 1.42. The number of hydrogen-bond acceptors (Lipinski definition) is 3. The van der Waals surface area contributed by atoms with Crippen LogP contribution in [0.25, 0.3) is 17.2 Å². The standard InChI is InChI=1S/C27H24F6N2O/c28-26(29,30)25(36,27(31,32)33)24-7-5-23(6-8-24)22-3-1-19(2-4-22)17-20-11-15-35(16-12-20)18-21-9-13-34-14-10-21/h1-10,13-14,17,36H,11-12,15-16,18H2. The van der Waals surface area contributed by atoms with Gasteiger partial charge in [-0.1, -0.05) is 60.2 Å². The summed E-state index contributed by atoms with van der Waals surface area (Å²) in [6.07, 6.45) is -4.25. The van der Waals surface area contributed by atoms with Crippen molar-refractivity contribution in [2.75, 3.05) is 13.1 Å². The minimum atomic E-state index is -5.91. The molecular weight excluding hydrogens is 482 g/mol. The molecule has 0 unspecified atom stereocenters. The molecule has 2 heterocycles. The zero-order valence-electron chi connectivity index (χ0n) is 19.2. The normalized spacial score (nSPS) is 15.7. The first kappa shape index (κ1) is 25.9. The second-order valence-corrected chi connectivity index (χ2v) is 8.84. The molecule has 1 fully saturated rings. The number of hydrogen-bond donors (Lipinski definition) is 1. The van der Waals surface area contributed by atoms with E-state index in [0.29, 0.717) is 23.3 Å². The fraction of sp³-hybridized carbons (Fsp3) is 0.296. The van der Waals surface area contributed by atoms with Gasteiger partial charge in [0.05, 0.1) is 0 Å². The highest BCUT2D eigenvalue weighted by Crippen LogP contribution is 2.50. The maximum Gasteiger partial charge on any atom is 0.430 e. The molecule has 1 aromatic heterocycles. The Morgan fingerprint density at radius 3 is 1.75 bits per heavy atom. The summed E-state index contributed by atoms with van der Waals surface area (Å²) in [6, 6.07) is 14.9. The predicted molar refractivity (Wildman–Crippen MR) is 125 cm³/mol. The molecule has 0 radical (unpaired) electrons. The van der Waals surface area contributed by atoms with Crippen molar-refractivity contribution < 1.29 is 31.4 Å². The van der Waals surface area contributed by atoms with Crippen LogP contribution in [-0.2, 0) is 12.1 Å². The number of piperidine rings is 1. The van der Waals surface area contributed by atoms with Gasteiger partial charge in [-0.05, 0) is 47.2 Å². The molecule has 2 aromatic carbocycles. The molecule has 190 valence electrons. The van der Waals surface area contributed by atoms with Crippen molar-refractivity contribution in [3.63, 3.8) is 0 Å². The highest BCUT2D eigenvalue weighted by atomic mass is 19.4. The molecule has 0 saturated carbocycles. The first-order valence-electron chi connectivity index (χ1n) is 11.3. The Morgan fingerprint density at radius 2 is 1.25 bits per heavy atom. The molecule has 1 N–H and O–H groups in total. The van der Waals surface area contributed by atoms with Gasteiger partial charge in [0.25, 0.3) is 5.60 Å². The summed E-state index contributed by atoms with van der Waals surface area (Å²) >= 11 is 0. The summed E-state index contributed by atoms with van der Waals surface area (Å²) in [5, 5.41) is 9.54. The Kier molecular flexibility index (Phi) is 7.24. The van der Waals surface area contributed by atoms with E-state index in [1.165, 1.54) is 11.1 Å². The maximum absolute atomic E-state index is 13.1. The SMILES string of the molecule is OC(c1ccc(-c2ccc(C=C3CCN(Cc4ccncc4)CC3)cc2)cc1)(C(F)(F)F)C(F)(F)F. The summed E-state index contributed by atoms with van der Waals surface area (Å²) in [6.45, 7) is 2.77. The maximum atomic E-state index is 13.1. The molecule has 4 rings (SSSR count). The van der Waals surface area contributed by atoms with Gasteiger partial charge in [-0.3, -0.25) is 9.88 Å². The summed E-state index contributed by atoms with van der Waals surface area (Å²) < 4.78 is 78.5. The number of likely N-dealkylation sites (tertiary alicyclic amines) is 1. The van der Waals surface area contributed by atoms with Gasteiger partial charge in [-0.15, -0.1) is 0 Å². The lowest BCUT2D eigenvalue weighted by Crippen LogP contribution is -2.53. The lowest BCUT2D eigenvalue weighted by atomic mass is 9.90. The number of alkyl halides is 6. The third kappa shape index (κ3) is 5.47. The van der Waals surface area contributed by atoms with Gasteiger partial charge in [0.1, 0.15) is 0 Å². The van der Waals surface area contributed by atoms with Crippen LogP contribution in [0.4, 0.5) is 26.3 Å². The predicted octanol–water partition coefficient (Wildman–Crippen LogP) is 6.74. The number of benzene rings is 2. The summed E-state index contributed by atoms with van der Waals surface area (Å²) in [7, 11) is 0. The molecular formula is C27H24F6N2O. The van der Waals surface area contributed by atoms with Crippen molar-refractivity contribution in [3.8, 4) is 11.1 Å². The fourth-order valence-electron chi connectivity index (χ4n) is 4.29. The van der Waals surface area contributed by atoms with Crippen molar-refractivity contribution in [1.82, 2.24) is 9.88 Å². The average Bonchev–Trinajstić information content (AvgIpc) is 2.85. The minimum absolute atomic E-state index is 0.439. The van der Waals surface area contributed by atoms with Crippen molar-refractivity contribution in [3.05, 3.63) is 95.3 Å². The molecule has 0 amide bonds. The quantitative estimate of drug-likeness (QED) is 0.390. The number of nitrogens with zero attached hydrogens (tertiary/aromatic N) is 2. The van der Waals surface area contributed by atoms with E-state index >= 15 is 0 Å². The Morgan fingerprint density at radius 1 is 0.750 bits per heavy atom. The second-order valence-electron chi connectivity index (χ2n) is 8.84. The van der Waals surface area contributed by atoms with Crippen LogP contribution in [0.5, 0.6) is 0 Å². The molecule has 1 aliphatic heterocycles. The Bertz CT molecular complexity index is 1160. The molecule has 36 heavy (non-hydrogen) atoms. The zero-order valence-corrected chi connectivity index (χ0v) is 19.2. The fourth-order valence-corrected chi connectivity index (χ4v) is 4.29. The van der Waals surface area contributed by atoms with Crippen molar-refractivity contribution in [2.45, 2.75) is 37.3 Å². The third-order valence-corrected chi connectivity index (χ3v) is 6.39. The summed E-state index contributed by atoms with van der Waals surface area (Å²) in [4.78, 5) is 6.42. The van der Waals surface area contributed by atoms with E-state index in [4.69, 9.17) is 0 Å². The number of aliphatic hydroxyl groups is 1. The van der Waals surface area contributed by atoms with Crippen molar-refractivity contribution >= 4 is 6.08 Å². The van der Waals surface area contributed by atoms with Crippen molar-refractivity contribution in [1.29, 1.82) is 0 Å². The van der Waals surface area contributed by atoms with Crippen LogP contribution in [0.3, 0.4) is 0 Å². The van der Waals surface area contributed by atoms with Crippen LogP contribution >= 0.6 is 0 Å². The van der Waals surface area contributed by atoms with Crippen LogP contribution in [0.1, 0.15) is 29.5 Å². The average molecular weight is 506 g/mol. The van der Waals surface area contributed by atoms with E-state index in [2.05, 4.69) is 16.0 Å². The molecule has 0 spiro atoms. The van der Waals surface area contributed by atoms with E-state index in [-0.39, 0.29) is 0 Å². The molecule has 0 atom stereocenters. The number of rotatable bonds is 5. The van der Waals surface area contributed by atoms with E-state index in [1.807, 2.05) is 24.3 Å². The molecule has 9 heteroatoms. The van der Waals surface area contributed by atoms with Gasteiger partial charge >= 0.3 is 12.4 Å². The smallest absolute Gasteiger partial charge is 0.369 e. The lowest BCUT2D eigenvalue weighted by molar-refractivity contribution is -0.376. The number of aromatic nitrogens is 1. The number of halogens is 6. The van der Waals surface area contributed by atoms with Crippen LogP contribution in [0.15, 0.2) is 78.6 Å². The van der Waals surface area contributed by atoms with Crippen LogP contribution in [-0.4, -0.2) is 40.4 Å². The lowest BCUT2D eigenvalue weighted by Gasteiger charge is -2.32. The van der Waals surface area contributed by atoms with Crippen LogP contribution < -0.4 is 0 Å². The molecule has 1 aliphatic rings. The van der Waals surface area contributed by atoms with Gasteiger partial charge in [0, 0.05) is 37.6 Å². The monoisotopic (exact) mass is 506 g/mol. The van der Waals surface area contributed by atoms with E-state index < -0.39 is 23.5 Å². The molecule has 0 bridgehead atoms. The van der Waals surface area contributed by atoms with Crippen LogP contribution in [0, 0.1) is 0 Å². The molecule has 3 aromatic rings. The highest BCUT2D eigenvalue weighted by molar-refractivity contribution is 5.66. The first-order chi connectivity index (χ1) is 17.0. The largest absolute Gasteiger partial charge is 0.430 e. The third-order valence-electron chi connectivity index (χ3n) is 6.39. The highest BCUT2D eigenvalue weighted by Gasteiger charge is 2.71.